The summed E-state index contributed by atoms with van der Waals surface area (Å²) in [5.41, 5.74) is 4.65. The Morgan fingerprint density at radius 1 is 1.12 bits per heavy atom. The Kier molecular flexibility index (Phi) is 8.19. The lowest BCUT2D eigenvalue weighted by Crippen LogP contribution is -2.29. The van der Waals surface area contributed by atoms with Crippen molar-refractivity contribution in [3.8, 4) is 0 Å². The number of allylic oxidation sites excluding steroid dienone is 1. The Balaban J connectivity index is 1.83. The largest absolute Gasteiger partial charge is 0.329 e. The lowest BCUT2D eigenvalue weighted by Gasteiger charge is -2.08. The molecule has 0 fully saturated rings. The fourth-order valence-corrected chi connectivity index (χ4v) is 3.54. The average molecular weight is 437 g/mol. The van der Waals surface area contributed by atoms with Crippen molar-refractivity contribution in [2.45, 2.75) is 58.9 Å². The van der Waals surface area contributed by atoms with E-state index in [0.29, 0.717) is 23.7 Å². The van der Waals surface area contributed by atoms with E-state index in [-0.39, 0.29) is 0 Å². The number of nitrogens with one attached hydrogen (secondary N) is 2. The van der Waals surface area contributed by atoms with Gasteiger partial charge in [-0.1, -0.05) is 75.4 Å². The van der Waals surface area contributed by atoms with Crippen molar-refractivity contribution in [1.29, 1.82) is 0 Å². The number of benzene rings is 1. The number of hydrogen-bond acceptors (Lipinski definition) is 5. The molecule has 0 saturated heterocycles. The number of unbranched alkanes of at least 4 members (excludes halogenated alkanes) is 5. The number of imidazole rings is 1. The van der Waals surface area contributed by atoms with Gasteiger partial charge >= 0.3 is 5.69 Å². The minimum absolute atomic E-state index is 0.347. The van der Waals surface area contributed by atoms with Gasteiger partial charge in [0.05, 0.1) is 5.71 Å². The van der Waals surface area contributed by atoms with Crippen LogP contribution in [0.4, 0.5) is 5.95 Å². The Morgan fingerprint density at radius 3 is 2.59 bits per heavy atom. The van der Waals surface area contributed by atoms with E-state index in [1.165, 1.54) is 30.3 Å². The van der Waals surface area contributed by atoms with Gasteiger partial charge in [0.2, 0.25) is 5.95 Å². The van der Waals surface area contributed by atoms with Crippen LogP contribution in [0, 0.1) is 0 Å². The third-order valence-electron chi connectivity index (χ3n) is 5.39. The summed E-state index contributed by atoms with van der Waals surface area (Å²) in [7, 11) is 1.60. The summed E-state index contributed by atoms with van der Waals surface area (Å²) in [4.78, 5) is 31.5. The van der Waals surface area contributed by atoms with E-state index in [9.17, 15) is 9.59 Å². The summed E-state index contributed by atoms with van der Waals surface area (Å²) in [6, 6.07) is 9.98. The van der Waals surface area contributed by atoms with Crippen molar-refractivity contribution in [1.82, 2.24) is 19.1 Å². The second-order valence-corrected chi connectivity index (χ2v) is 7.95. The summed E-state index contributed by atoms with van der Waals surface area (Å²) in [5.74, 6) is 0.452. The number of aromatic nitrogens is 4. The molecule has 0 aliphatic rings. The van der Waals surface area contributed by atoms with E-state index >= 15 is 0 Å². The second-order valence-electron chi connectivity index (χ2n) is 7.95. The molecule has 0 unspecified atom stereocenters. The van der Waals surface area contributed by atoms with E-state index in [1.54, 1.807) is 7.05 Å². The highest BCUT2D eigenvalue weighted by molar-refractivity contribution is 5.96. The van der Waals surface area contributed by atoms with E-state index in [2.05, 4.69) is 27.4 Å². The van der Waals surface area contributed by atoms with Gasteiger partial charge in [-0.15, -0.1) is 0 Å². The van der Waals surface area contributed by atoms with Crippen molar-refractivity contribution in [3.63, 3.8) is 0 Å². The van der Waals surface area contributed by atoms with E-state index in [1.807, 2.05) is 54.0 Å². The zero-order valence-electron chi connectivity index (χ0n) is 19.1. The molecule has 8 heteroatoms. The van der Waals surface area contributed by atoms with Gasteiger partial charge in [-0.05, 0) is 25.0 Å². The molecular weight excluding hydrogens is 404 g/mol. The zero-order valence-corrected chi connectivity index (χ0v) is 19.1. The van der Waals surface area contributed by atoms with Crippen molar-refractivity contribution < 1.29 is 0 Å². The molecule has 3 rings (SSSR count). The lowest BCUT2D eigenvalue weighted by atomic mass is 10.1. The highest BCUT2D eigenvalue weighted by atomic mass is 16.2. The number of aryl methyl sites for hydroxylation is 2. The Labute approximate surface area is 187 Å². The molecule has 0 bridgehead atoms. The Hall–Kier alpha value is -3.42. The van der Waals surface area contributed by atoms with Crippen LogP contribution in [0.1, 0.15) is 57.9 Å². The molecule has 2 aromatic heterocycles. The number of H-pyrrole nitrogens is 1. The monoisotopic (exact) mass is 436 g/mol. The van der Waals surface area contributed by atoms with Gasteiger partial charge in [-0.2, -0.15) is 10.1 Å². The molecule has 0 aliphatic heterocycles. The summed E-state index contributed by atoms with van der Waals surface area (Å²) in [6.45, 7) is 4.71. The van der Waals surface area contributed by atoms with Crippen LogP contribution in [0.5, 0.6) is 0 Å². The third-order valence-corrected chi connectivity index (χ3v) is 5.39. The van der Waals surface area contributed by atoms with Gasteiger partial charge in [0.15, 0.2) is 11.2 Å². The maximum atomic E-state index is 12.6. The van der Waals surface area contributed by atoms with Crippen LogP contribution in [-0.4, -0.2) is 24.8 Å². The molecule has 170 valence electrons. The SMILES string of the molecule is CCCCCCCCn1c(NN=C(C)C=Cc2ccccc2)nc2c1c(=O)[nH]c(=O)n2C. The normalized spacial score (nSPS) is 12.2. The van der Waals surface area contributed by atoms with Crippen LogP contribution in [0.3, 0.4) is 0 Å². The van der Waals surface area contributed by atoms with E-state index in [0.717, 1.165) is 24.1 Å². The third kappa shape index (κ3) is 5.84. The summed E-state index contributed by atoms with van der Waals surface area (Å²) in [5, 5.41) is 4.41. The molecule has 1 aromatic carbocycles. The topological polar surface area (TPSA) is 97.1 Å². The minimum atomic E-state index is -0.483. The Morgan fingerprint density at radius 2 is 1.84 bits per heavy atom. The first-order valence-corrected chi connectivity index (χ1v) is 11.2. The van der Waals surface area contributed by atoms with Crippen LogP contribution in [0.25, 0.3) is 17.2 Å². The first kappa shape index (κ1) is 23.2. The highest BCUT2D eigenvalue weighted by Crippen LogP contribution is 2.17. The first-order valence-electron chi connectivity index (χ1n) is 11.2. The van der Waals surface area contributed by atoms with Gasteiger partial charge < -0.3 is 4.57 Å². The number of hydrazone groups is 1. The molecule has 0 aliphatic carbocycles. The van der Waals surface area contributed by atoms with Crippen molar-refractivity contribution >= 4 is 28.9 Å². The smallest absolute Gasteiger partial charge is 0.303 e. The molecule has 2 heterocycles. The molecule has 2 N–H and O–H groups in total. The molecule has 0 amide bonds. The number of hydrogen-bond donors (Lipinski definition) is 2. The molecule has 3 aromatic rings. The Bertz CT molecular complexity index is 1200. The zero-order chi connectivity index (χ0) is 22.9. The molecule has 0 atom stereocenters. The summed E-state index contributed by atoms with van der Waals surface area (Å²) in [6.07, 6.45) is 10.7. The fourth-order valence-electron chi connectivity index (χ4n) is 3.54. The number of nitrogens with zero attached hydrogens (tertiary/aromatic N) is 4. The first-order chi connectivity index (χ1) is 15.5. The molecular formula is C24H32N6O2. The number of rotatable bonds is 11. The van der Waals surface area contributed by atoms with Crippen LogP contribution >= 0.6 is 0 Å². The molecule has 0 radical (unpaired) electrons. The molecule has 0 saturated carbocycles. The number of aromatic amines is 1. The summed E-state index contributed by atoms with van der Waals surface area (Å²) >= 11 is 0. The highest BCUT2D eigenvalue weighted by Gasteiger charge is 2.17. The second kappa shape index (κ2) is 11.3. The quantitative estimate of drug-likeness (QED) is 0.266. The maximum Gasteiger partial charge on any atom is 0.329 e. The molecule has 32 heavy (non-hydrogen) atoms. The van der Waals surface area contributed by atoms with Gasteiger partial charge in [0.25, 0.3) is 5.56 Å². The van der Waals surface area contributed by atoms with Crippen molar-refractivity contribution in [2.24, 2.45) is 12.1 Å². The van der Waals surface area contributed by atoms with Crippen molar-refractivity contribution in [3.05, 3.63) is 62.8 Å². The average Bonchev–Trinajstić information content (AvgIpc) is 3.17. The number of anilines is 1. The fraction of sp³-hybridized carbons (Fsp3) is 0.417. The van der Waals surface area contributed by atoms with Crippen LogP contribution in [0.15, 0.2) is 51.1 Å². The predicted molar refractivity (Wildman–Crippen MR) is 131 cm³/mol. The lowest BCUT2D eigenvalue weighted by molar-refractivity contribution is 0.565. The van der Waals surface area contributed by atoms with Gasteiger partial charge in [-0.3, -0.25) is 14.3 Å². The minimum Gasteiger partial charge on any atom is -0.303 e. The van der Waals surface area contributed by atoms with Crippen LogP contribution < -0.4 is 16.7 Å². The van der Waals surface area contributed by atoms with Gasteiger partial charge in [-0.25, -0.2) is 10.2 Å². The van der Waals surface area contributed by atoms with Crippen LogP contribution in [0.2, 0.25) is 0 Å². The predicted octanol–water partition coefficient (Wildman–Crippen LogP) is 4.29. The van der Waals surface area contributed by atoms with E-state index in [4.69, 9.17) is 0 Å². The van der Waals surface area contributed by atoms with Gasteiger partial charge in [0, 0.05) is 13.6 Å². The number of fused-ring (bicyclic) bond motifs is 1. The molecule has 0 spiro atoms. The maximum absolute atomic E-state index is 12.6. The van der Waals surface area contributed by atoms with Crippen LogP contribution in [-0.2, 0) is 13.6 Å². The van der Waals surface area contributed by atoms with Gasteiger partial charge in [0.1, 0.15) is 0 Å². The summed E-state index contributed by atoms with van der Waals surface area (Å²) < 4.78 is 3.18. The van der Waals surface area contributed by atoms with Crippen molar-refractivity contribution in [2.75, 3.05) is 5.43 Å². The molecule has 8 nitrogen and oxygen atoms in total. The standard InChI is InChI=1S/C24H32N6O2/c1-4-5-6-7-8-12-17-30-20-21(29(3)24(32)26-22(20)31)25-23(30)28-27-18(2)15-16-19-13-10-9-11-14-19/h9-11,13-16H,4-8,12,17H2,1-3H3,(H,25,28)(H,26,31,32). The van der Waals surface area contributed by atoms with E-state index < -0.39 is 11.2 Å².